The lowest BCUT2D eigenvalue weighted by Gasteiger charge is -2.26. The minimum atomic E-state index is 0.365. The van der Waals surface area contributed by atoms with Crippen LogP contribution in [0.1, 0.15) is 39.3 Å². The van der Waals surface area contributed by atoms with Crippen LogP contribution in [-0.2, 0) is 0 Å². The Morgan fingerprint density at radius 1 is 1.35 bits per heavy atom. The quantitative estimate of drug-likeness (QED) is 0.814. The zero-order valence-corrected chi connectivity index (χ0v) is 12.7. The van der Waals surface area contributed by atoms with Crippen LogP contribution in [-0.4, -0.2) is 30.6 Å². The Labute approximate surface area is 114 Å². The van der Waals surface area contributed by atoms with Crippen molar-refractivity contribution in [2.24, 2.45) is 0 Å². The van der Waals surface area contributed by atoms with E-state index in [9.17, 15) is 0 Å². The SMILES string of the molecule is CCN(CC)CC(C)NC(C)c1csc(Cl)c1. The van der Waals surface area contributed by atoms with Crippen molar-refractivity contribution in [2.75, 3.05) is 19.6 Å². The van der Waals surface area contributed by atoms with Crippen molar-refractivity contribution in [3.8, 4) is 0 Å². The Morgan fingerprint density at radius 2 is 2.00 bits per heavy atom. The van der Waals surface area contributed by atoms with Crippen molar-refractivity contribution in [1.29, 1.82) is 0 Å². The molecule has 0 fully saturated rings. The topological polar surface area (TPSA) is 15.3 Å². The highest BCUT2D eigenvalue weighted by molar-refractivity contribution is 7.14. The maximum atomic E-state index is 5.95. The Kier molecular flexibility index (Phi) is 6.49. The smallest absolute Gasteiger partial charge is 0.0931 e. The van der Waals surface area contributed by atoms with Gasteiger partial charge in [-0.2, -0.15) is 0 Å². The molecule has 0 radical (unpaired) electrons. The van der Waals surface area contributed by atoms with E-state index in [1.807, 2.05) is 6.07 Å². The molecule has 2 atom stereocenters. The summed E-state index contributed by atoms with van der Waals surface area (Å²) in [5, 5.41) is 5.74. The van der Waals surface area contributed by atoms with Crippen LogP contribution in [0, 0.1) is 0 Å². The molecule has 2 nitrogen and oxygen atoms in total. The summed E-state index contributed by atoms with van der Waals surface area (Å²) in [5.74, 6) is 0. The molecular weight excluding hydrogens is 252 g/mol. The van der Waals surface area contributed by atoms with Crippen LogP contribution < -0.4 is 5.32 Å². The summed E-state index contributed by atoms with van der Waals surface area (Å²) in [6.07, 6.45) is 0. The lowest BCUT2D eigenvalue weighted by atomic mass is 10.1. The van der Waals surface area contributed by atoms with Gasteiger partial charge in [-0.1, -0.05) is 25.4 Å². The Balaban J connectivity index is 2.42. The number of rotatable bonds is 7. The van der Waals surface area contributed by atoms with E-state index in [2.05, 4.69) is 43.3 Å². The van der Waals surface area contributed by atoms with E-state index in [1.165, 1.54) is 5.56 Å². The fourth-order valence-electron chi connectivity index (χ4n) is 2.00. The van der Waals surface area contributed by atoms with Gasteiger partial charge in [-0.05, 0) is 43.9 Å². The number of nitrogens with one attached hydrogen (secondary N) is 1. The van der Waals surface area contributed by atoms with Crippen LogP contribution in [0.3, 0.4) is 0 Å². The van der Waals surface area contributed by atoms with Crippen molar-refractivity contribution < 1.29 is 0 Å². The Bertz CT molecular complexity index is 323. The second kappa shape index (κ2) is 7.37. The third-order valence-electron chi connectivity index (χ3n) is 3.05. The minimum Gasteiger partial charge on any atom is -0.306 e. The average Bonchev–Trinajstić information content (AvgIpc) is 2.72. The van der Waals surface area contributed by atoms with Crippen molar-refractivity contribution in [1.82, 2.24) is 10.2 Å². The molecule has 1 rings (SSSR count). The summed E-state index contributed by atoms with van der Waals surface area (Å²) in [6, 6.07) is 2.90. The molecular formula is C13H23ClN2S. The van der Waals surface area contributed by atoms with Crippen LogP contribution in [0.2, 0.25) is 4.34 Å². The first kappa shape index (κ1) is 15.0. The molecule has 1 N–H and O–H groups in total. The molecule has 2 unspecified atom stereocenters. The van der Waals surface area contributed by atoms with E-state index >= 15 is 0 Å². The maximum Gasteiger partial charge on any atom is 0.0931 e. The van der Waals surface area contributed by atoms with Gasteiger partial charge in [0.2, 0.25) is 0 Å². The molecule has 0 saturated carbocycles. The largest absolute Gasteiger partial charge is 0.306 e. The van der Waals surface area contributed by atoms with E-state index in [1.54, 1.807) is 11.3 Å². The number of thiophene rings is 1. The van der Waals surface area contributed by atoms with Crippen LogP contribution in [0.25, 0.3) is 0 Å². The monoisotopic (exact) mass is 274 g/mol. The van der Waals surface area contributed by atoms with Crippen LogP contribution in [0.15, 0.2) is 11.4 Å². The molecule has 1 aromatic rings. The molecule has 0 aromatic carbocycles. The number of halogens is 1. The van der Waals surface area contributed by atoms with Gasteiger partial charge in [0.25, 0.3) is 0 Å². The van der Waals surface area contributed by atoms with Gasteiger partial charge in [0.1, 0.15) is 0 Å². The van der Waals surface area contributed by atoms with Gasteiger partial charge in [0, 0.05) is 18.6 Å². The van der Waals surface area contributed by atoms with E-state index in [-0.39, 0.29) is 0 Å². The number of nitrogens with zero attached hydrogens (tertiary/aromatic N) is 1. The molecule has 0 aliphatic carbocycles. The molecule has 98 valence electrons. The molecule has 0 bridgehead atoms. The first-order chi connectivity index (χ1) is 8.06. The highest BCUT2D eigenvalue weighted by Gasteiger charge is 2.12. The Morgan fingerprint density at radius 3 is 2.47 bits per heavy atom. The minimum absolute atomic E-state index is 0.365. The number of likely N-dealkylation sites (N-methyl/N-ethyl adjacent to an activating group) is 1. The zero-order chi connectivity index (χ0) is 12.8. The van der Waals surface area contributed by atoms with Crippen molar-refractivity contribution in [3.63, 3.8) is 0 Å². The van der Waals surface area contributed by atoms with Gasteiger partial charge in [0.05, 0.1) is 4.34 Å². The molecule has 0 amide bonds. The molecule has 1 aromatic heterocycles. The number of hydrogen-bond acceptors (Lipinski definition) is 3. The highest BCUT2D eigenvalue weighted by atomic mass is 35.5. The lowest BCUT2D eigenvalue weighted by Crippen LogP contribution is -2.40. The summed E-state index contributed by atoms with van der Waals surface area (Å²) in [6.45, 7) is 12.2. The summed E-state index contributed by atoms with van der Waals surface area (Å²) in [4.78, 5) is 2.44. The first-order valence-corrected chi connectivity index (χ1v) is 7.54. The van der Waals surface area contributed by atoms with Gasteiger partial charge in [-0.25, -0.2) is 0 Å². The summed E-state index contributed by atoms with van der Waals surface area (Å²) >= 11 is 7.55. The lowest BCUT2D eigenvalue weighted by molar-refractivity contribution is 0.264. The molecule has 0 saturated heterocycles. The van der Waals surface area contributed by atoms with E-state index in [0.29, 0.717) is 12.1 Å². The third kappa shape index (κ3) is 4.96. The zero-order valence-electron chi connectivity index (χ0n) is 11.2. The third-order valence-corrected chi connectivity index (χ3v) is 4.16. The van der Waals surface area contributed by atoms with E-state index in [0.717, 1.165) is 24.0 Å². The van der Waals surface area contributed by atoms with Crippen molar-refractivity contribution in [3.05, 3.63) is 21.3 Å². The fourth-order valence-corrected chi connectivity index (χ4v) is 2.98. The van der Waals surface area contributed by atoms with Gasteiger partial charge in [-0.15, -0.1) is 11.3 Å². The van der Waals surface area contributed by atoms with Crippen LogP contribution >= 0.6 is 22.9 Å². The van der Waals surface area contributed by atoms with Gasteiger partial charge < -0.3 is 10.2 Å². The first-order valence-electron chi connectivity index (χ1n) is 6.29. The van der Waals surface area contributed by atoms with Gasteiger partial charge >= 0.3 is 0 Å². The average molecular weight is 275 g/mol. The van der Waals surface area contributed by atoms with Gasteiger partial charge in [0.15, 0.2) is 0 Å². The highest BCUT2D eigenvalue weighted by Crippen LogP contribution is 2.24. The second-order valence-electron chi connectivity index (χ2n) is 4.46. The standard InChI is InChI=1S/C13H23ClN2S/c1-5-16(6-2)8-10(3)15-11(4)12-7-13(14)17-9-12/h7,9-11,15H,5-6,8H2,1-4H3. The molecule has 0 aliphatic heterocycles. The van der Waals surface area contributed by atoms with Crippen LogP contribution in [0.5, 0.6) is 0 Å². The molecule has 0 spiro atoms. The number of hydrogen-bond donors (Lipinski definition) is 1. The summed E-state index contributed by atoms with van der Waals surface area (Å²) in [5.41, 5.74) is 1.28. The molecule has 4 heteroatoms. The maximum absolute atomic E-state index is 5.95. The molecule has 17 heavy (non-hydrogen) atoms. The normalized spacial score (nSPS) is 15.2. The van der Waals surface area contributed by atoms with E-state index < -0.39 is 0 Å². The summed E-state index contributed by atoms with van der Waals surface area (Å²) in [7, 11) is 0. The Hall–Kier alpha value is -0.0900. The van der Waals surface area contributed by atoms with Crippen LogP contribution in [0.4, 0.5) is 0 Å². The molecule has 1 heterocycles. The summed E-state index contributed by atoms with van der Waals surface area (Å²) < 4.78 is 0.866. The molecule has 0 aliphatic rings. The fraction of sp³-hybridized carbons (Fsp3) is 0.692. The predicted octanol–water partition coefficient (Wildman–Crippen LogP) is 3.78. The van der Waals surface area contributed by atoms with Gasteiger partial charge in [-0.3, -0.25) is 0 Å². The van der Waals surface area contributed by atoms with Crippen molar-refractivity contribution >= 4 is 22.9 Å². The van der Waals surface area contributed by atoms with Crippen molar-refractivity contribution in [2.45, 2.75) is 39.8 Å². The second-order valence-corrected chi connectivity index (χ2v) is 6.00. The van der Waals surface area contributed by atoms with E-state index in [4.69, 9.17) is 11.6 Å². The predicted molar refractivity (Wildman–Crippen MR) is 78.1 cm³/mol.